The molecular formula is C14H20BrNO2S. The summed E-state index contributed by atoms with van der Waals surface area (Å²) < 4.78 is 1.13. The average molecular weight is 346 g/mol. The summed E-state index contributed by atoms with van der Waals surface area (Å²) in [4.78, 5) is 16.4. The Balaban J connectivity index is 2.20. The third-order valence-corrected chi connectivity index (χ3v) is 6.06. The van der Waals surface area contributed by atoms with Crippen LogP contribution in [-0.4, -0.2) is 28.1 Å². The smallest absolute Gasteiger partial charge is 0.324 e. The molecule has 1 N–H and O–H groups in total. The number of halogens is 1. The minimum absolute atomic E-state index is 0.640. The van der Waals surface area contributed by atoms with Crippen LogP contribution in [-0.2, 0) is 11.3 Å². The first kappa shape index (κ1) is 15.0. The molecule has 1 aromatic heterocycles. The Kier molecular flexibility index (Phi) is 4.69. The number of hydrogen-bond acceptors (Lipinski definition) is 3. The number of thiophene rings is 1. The van der Waals surface area contributed by atoms with Gasteiger partial charge in [-0.2, -0.15) is 0 Å². The zero-order valence-corrected chi connectivity index (χ0v) is 13.8. The van der Waals surface area contributed by atoms with Gasteiger partial charge in [-0.1, -0.05) is 13.3 Å². The van der Waals surface area contributed by atoms with Gasteiger partial charge in [-0.05, 0) is 54.7 Å². The van der Waals surface area contributed by atoms with Crippen LogP contribution in [0.25, 0.3) is 0 Å². The first-order valence-electron chi connectivity index (χ1n) is 6.73. The fourth-order valence-corrected chi connectivity index (χ4v) is 4.61. The maximum absolute atomic E-state index is 11.7. The van der Waals surface area contributed by atoms with E-state index >= 15 is 0 Å². The second-order valence-electron chi connectivity index (χ2n) is 5.23. The van der Waals surface area contributed by atoms with E-state index in [0.717, 1.165) is 43.2 Å². The zero-order chi connectivity index (χ0) is 14.0. The maximum atomic E-state index is 11.7. The quantitative estimate of drug-likeness (QED) is 0.875. The van der Waals surface area contributed by atoms with E-state index in [-0.39, 0.29) is 0 Å². The van der Waals surface area contributed by atoms with Gasteiger partial charge in [0, 0.05) is 20.8 Å². The van der Waals surface area contributed by atoms with Crippen molar-refractivity contribution in [3.63, 3.8) is 0 Å². The molecule has 5 heteroatoms. The predicted octanol–water partition coefficient (Wildman–Crippen LogP) is 4.04. The van der Waals surface area contributed by atoms with Crippen LogP contribution in [0.15, 0.2) is 10.5 Å². The molecule has 0 aliphatic carbocycles. The lowest BCUT2D eigenvalue weighted by Crippen LogP contribution is -2.49. The predicted molar refractivity (Wildman–Crippen MR) is 81.7 cm³/mol. The van der Waals surface area contributed by atoms with Gasteiger partial charge in [0.1, 0.15) is 5.54 Å². The lowest BCUT2D eigenvalue weighted by atomic mass is 9.90. The molecule has 0 aromatic carbocycles. The molecule has 1 fully saturated rings. The Bertz CT molecular complexity index is 455. The number of aryl methyl sites for hydroxylation is 1. The number of rotatable bonds is 5. The number of carbonyl (C=O) groups is 1. The zero-order valence-electron chi connectivity index (χ0n) is 11.4. The van der Waals surface area contributed by atoms with Crippen molar-refractivity contribution < 1.29 is 9.90 Å². The van der Waals surface area contributed by atoms with Crippen molar-refractivity contribution in [2.45, 2.75) is 51.6 Å². The fourth-order valence-electron chi connectivity index (χ4n) is 2.99. The number of carboxylic acids is 1. The minimum Gasteiger partial charge on any atom is -0.480 e. The van der Waals surface area contributed by atoms with Gasteiger partial charge < -0.3 is 5.11 Å². The van der Waals surface area contributed by atoms with E-state index in [4.69, 9.17) is 0 Å². The lowest BCUT2D eigenvalue weighted by Gasteiger charge is -2.34. The molecule has 1 aliphatic heterocycles. The van der Waals surface area contributed by atoms with E-state index in [0.29, 0.717) is 0 Å². The number of hydrogen-bond donors (Lipinski definition) is 1. The van der Waals surface area contributed by atoms with Crippen molar-refractivity contribution in [2.75, 3.05) is 6.54 Å². The monoisotopic (exact) mass is 345 g/mol. The van der Waals surface area contributed by atoms with Gasteiger partial charge in [-0.25, -0.2) is 0 Å². The summed E-state index contributed by atoms with van der Waals surface area (Å²) in [5.74, 6) is -0.654. The van der Waals surface area contributed by atoms with Crippen LogP contribution < -0.4 is 0 Å². The van der Waals surface area contributed by atoms with Crippen molar-refractivity contribution in [3.05, 3.63) is 20.3 Å². The second-order valence-corrected chi connectivity index (χ2v) is 7.42. The molecule has 0 saturated carbocycles. The number of nitrogens with zero attached hydrogens (tertiary/aromatic N) is 1. The van der Waals surface area contributed by atoms with Crippen molar-refractivity contribution in [3.8, 4) is 0 Å². The van der Waals surface area contributed by atoms with E-state index in [2.05, 4.69) is 40.7 Å². The molecule has 0 amide bonds. The third-order valence-electron chi connectivity index (χ3n) is 3.94. The molecule has 1 saturated heterocycles. The highest BCUT2D eigenvalue weighted by Crippen LogP contribution is 2.37. The minimum atomic E-state index is -0.654. The Morgan fingerprint density at radius 3 is 2.89 bits per heavy atom. The summed E-state index contributed by atoms with van der Waals surface area (Å²) in [7, 11) is 0. The summed E-state index contributed by atoms with van der Waals surface area (Å²) in [5.41, 5.74) is -0.640. The van der Waals surface area contributed by atoms with E-state index < -0.39 is 11.5 Å². The Labute approximate surface area is 126 Å². The molecular weight excluding hydrogens is 326 g/mol. The van der Waals surface area contributed by atoms with Crippen LogP contribution in [0.2, 0.25) is 0 Å². The van der Waals surface area contributed by atoms with Crippen LogP contribution >= 0.6 is 27.3 Å². The average Bonchev–Trinajstić information content (AvgIpc) is 2.86. The summed E-state index contributed by atoms with van der Waals surface area (Å²) in [6.07, 6.45) is 3.42. The van der Waals surface area contributed by atoms with Crippen molar-refractivity contribution in [2.24, 2.45) is 0 Å². The van der Waals surface area contributed by atoms with Gasteiger partial charge in [-0.15, -0.1) is 11.3 Å². The third kappa shape index (κ3) is 2.88. The summed E-state index contributed by atoms with van der Waals surface area (Å²) >= 11 is 5.28. The number of carboxylic acid groups (broad SMARTS) is 1. The Hall–Kier alpha value is -0.390. The molecule has 0 radical (unpaired) electrons. The van der Waals surface area contributed by atoms with Gasteiger partial charge in [0.2, 0.25) is 0 Å². The highest BCUT2D eigenvalue weighted by Gasteiger charge is 2.46. The van der Waals surface area contributed by atoms with Crippen LogP contribution in [0.5, 0.6) is 0 Å². The van der Waals surface area contributed by atoms with Gasteiger partial charge in [0.25, 0.3) is 0 Å². The van der Waals surface area contributed by atoms with Crippen LogP contribution in [0.3, 0.4) is 0 Å². The molecule has 1 aromatic rings. The first-order chi connectivity index (χ1) is 8.99. The molecule has 19 heavy (non-hydrogen) atoms. The number of aliphatic carboxylic acids is 1. The molecule has 0 spiro atoms. The van der Waals surface area contributed by atoms with Crippen molar-refractivity contribution in [1.82, 2.24) is 4.90 Å². The van der Waals surface area contributed by atoms with E-state index in [1.807, 2.05) is 0 Å². The molecule has 3 nitrogen and oxygen atoms in total. The largest absolute Gasteiger partial charge is 0.480 e. The molecule has 2 rings (SSSR count). The van der Waals surface area contributed by atoms with Gasteiger partial charge in [-0.3, -0.25) is 9.69 Å². The van der Waals surface area contributed by atoms with Crippen LogP contribution in [0.4, 0.5) is 0 Å². The normalized spacial score (nSPS) is 23.9. The SMILES string of the molecule is CCCC1(C(=O)O)CCCN1Cc1cc(Br)c(C)s1. The van der Waals surface area contributed by atoms with Crippen LogP contribution in [0, 0.1) is 6.92 Å². The topological polar surface area (TPSA) is 40.5 Å². The molecule has 106 valence electrons. The summed E-state index contributed by atoms with van der Waals surface area (Å²) in [5, 5.41) is 9.66. The standard InChI is InChI=1S/C14H20BrNO2S/c1-3-5-14(13(17)18)6-4-7-16(14)9-11-8-12(15)10(2)19-11/h8H,3-7,9H2,1-2H3,(H,17,18). The molecule has 1 atom stereocenters. The lowest BCUT2D eigenvalue weighted by molar-refractivity contribution is -0.150. The summed E-state index contributed by atoms with van der Waals surface area (Å²) in [6, 6.07) is 2.12. The highest BCUT2D eigenvalue weighted by atomic mass is 79.9. The van der Waals surface area contributed by atoms with Crippen LogP contribution in [0.1, 0.15) is 42.4 Å². The highest BCUT2D eigenvalue weighted by molar-refractivity contribution is 9.10. The molecule has 1 unspecified atom stereocenters. The van der Waals surface area contributed by atoms with E-state index in [1.165, 1.54) is 9.75 Å². The van der Waals surface area contributed by atoms with Crippen molar-refractivity contribution >= 4 is 33.2 Å². The van der Waals surface area contributed by atoms with E-state index in [1.54, 1.807) is 11.3 Å². The second kappa shape index (κ2) is 5.94. The fraction of sp³-hybridized carbons (Fsp3) is 0.643. The van der Waals surface area contributed by atoms with Gasteiger partial charge in [0.15, 0.2) is 0 Å². The van der Waals surface area contributed by atoms with Gasteiger partial charge in [0.05, 0.1) is 0 Å². The maximum Gasteiger partial charge on any atom is 0.324 e. The first-order valence-corrected chi connectivity index (χ1v) is 8.34. The molecule has 1 aliphatic rings. The van der Waals surface area contributed by atoms with Gasteiger partial charge >= 0.3 is 5.97 Å². The Morgan fingerprint density at radius 2 is 2.37 bits per heavy atom. The number of likely N-dealkylation sites (tertiary alicyclic amines) is 1. The van der Waals surface area contributed by atoms with E-state index in [9.17, 15) is 9.90 Å². The summed E-state index contributed by atoms with van der Waals surface area (Å²) in [6.45, 7) is 5.79. The van der Waals surface area contributed by atoms with Crippen molar-refractivity contribution in [1.29, 1.82) is 0 Å². The molecule has 0 bridgehead atoms. The Morgan fingerprint density at radius 1 is 1.63 bits per heavy atom. The molecule has 2 heterocycles.